The van der Waals surface area contributed by atoms with Gasteiger partial charge in [0, 0.05) is 6.54 Å². The molecule has 1 atom stereocenters. The quantitative estimate of drug-likeness (QED) is 0.751. The normalized spacial score (nSPS) is 11.5. The van der Waals surface area contributed by atoms with Gasteiger partial charge in [-0.2, -0.15) is 5.26 Å². The van der Waals surface area contributed by atoms with Gasteiger partial charge in [0.25, 0.3) is 0 Å². The van der Waals surface area contributed by atoms with E-state index >= 15 is 0 Å². The number of hydrogen-bond donors (Lipinski definition) is 2. The largest absolute Gasteiger partial charge is 0.351 e. The number of rotatable bonds is 3. The average Bonchev–Trinajstić information content (AvgIpc) is 2.26. The van der Waals surface area contributed by atoms with Gasteiger partial charge >= 0.3 is 0 Å². The van der Waals surface area contributed by atoms with Gasteiger partial charge in [-0.25, -0.2) is 0 Å². The Balaban J connectivity index is 2.59. The molecule has 4 nitrogen and oxygen atoms in total. The van der Waals surface area contributed by atoms with E-state index in [1.54, 1.807) is 25.1 Å². The minimum atomic E-state index is -0.510. The van der Waals surface area contributed by atoms with Gasteiger partial charge in [0.2, 0.25) is 5.91 Å². The molecule has 0 heterocycles. The molecule has 4 heteroatoms. The summed E-state index contributed by atoms with van der Waals surface area (Å²) < 4.78 is 0. The van der Waals surface area contributed by atoms with Crippen molar-refractivity contribution >= 4 is 5.91 Å². The number of nitrogens with zero attached hydrogens (tertiary/aromatic N) is 1. The van der Waals surface area contributed by atoms with E-state index in [1.807, 2.05) is 12.1 Å². The Kier molecular flexibility index (Phi) is 3.83. The number of nitriles is 1. The Hall–Kier alpha value is -1.86. The highest BCUT2D eigenvalue weighted by Crippen LogP contribution is 2.03. The van der Waals surface area contributed by atoms with Crippen LogP contribution in [0.5, 0.6) is 0 Å². The Morgan fingerprint density at radius 1 is 1.67 bits per heavy atom. The van der Waals surface area contributed by atoms with Crippen LogP contribution in [0, 0.1) is 11.3 Å². The number of nitrogens with two attached hydrogens (primary N) is 1. The minimum absolute atomic E-state index is 0.197. The summed E-state index contributed by atoms with van der Waals surface area (Å²) in [6.45, 7) is 2.02. The molecule has 1 aromatic carbocycles. The zero-order valence-electron chi connectivity index (χ0n) is 8.53. The van der Waals surface area contributed by atoms with E-state index in [0.717, 1.165) is 5.56 Å². The average molecular weight is 203 g/mol. The summed E-state index contributed by atoms with van der Waals surface area (Å²) in [5.74, 6) is -0.197. The molecule has 3 N–H and O–H groups in total. The highest BCUT2D eigenvalue weighted by Gasteiger charge is 2.05. The fourth-order valence-electron chi connectivity index (χ4n) is 1.10. The number of nitrogens with one attached hydrogen (secondary N) is 1. The second-order valence-corrected chi connectivity index (χ2v) is 3.32. The van der Waals surface area contributed by atoms with Gasteiger partial charge in [0.1, 0.15) is 0 Å². The topological polar surface area (TPSA) is 78.9 Å². The van der Waals surface area contributed by atoms with Crippen LogP contribution in [-0.4, -0.2) is 11.9 Å². The first kappa shape index (κ1) is 11.2. The molecule has 0 spiro atoms. The molecule has 78 valence electrons. The van der Waals surface area contributed by atoms with Crippen molar-refractivity contribution in [3.05, 3.63) is 35.4 Å². The SMILES string of the molecule is C[C@H](N)C(=O)NCc1cccc(C#N)c1. The van der Waals surface area contributed by atoms with Gasteiger partial charge in [0.05, 0.1) is 17.7 Å². The summed E-state index contributed by atoms with van der Waals surface area (Å²) in [6.07, 6.45) is 0. The number of amides is 1. The van der Waals surface area contributed by atoms with Gasteiger partial charge in [-0.05, 0) is 24.6 Å². The fraction of sp³-hybridized carbons (Fsp3) is 0.273. The van der Waals surface area contributed by atoms with Crippen molar-refractivity contribution in [2.75, 3.05) is 0 Å². The standard InChI is InChI=1S/C11H13N3O/c1-8(13)11(15)14-7-10-4-2-3-9(5-10)6-12/h2-5,8H,7,13H2,1H3,(H,14,15)/t8-/m0/s1. The molecular weight excluding hydrogens is 190 g/mol. The van der Waals surface area contributed by atoms with E-state index in [-0.39, 0.29) is 5.91 Å². The molecule has 1 amide bonds. The van der Waals surface area contributed by atoms with Crippen LogP contribution in [0.15, 0.2) is 24.3 Å². The van der Waals surface area contributed by atoms with Gasteiger partial charge in [-0.3, -0.25) is 4.79 Å². The maximum Gasteiger partial charge on any atom is 0.236 e. The molecule has 0 radical (unpaired) electrons. The van der Waals surface area contributed by atoms with E-state index in [4.69, 9.17) is 11.0 Å². The van der Waals surface area contributed by atoms with Crippen molar-refractivity contribution < 1.29 is 4.79 Å². The van der Waals surface area contributed by atoms with Crippen LogP contribution in [0.25, 0.3) is 0 Å². The van der Waals surface area contributed by atoms with Crippen molar-refractivity contribution in [3.8, 4) is 6.07 Å². The monoisotopic (exact) mass is 203 g/mol. The summed E-state index contributed by atoms with van der Waals surface area (Å²) >= 11 is 0. The van der Waals surface area contributed by atoms with Crippen molar-refractivity contribution in [1.29, 1.82) is 5.26 Å². The molecule has 0 unspecified atom stereocenters. The molecule has 0 saturated carbocycles. The number of carbonyl (C=O) groups excluding carboxylic acids is 1. The summed E-state index contributed by atoms with van der Waals surface area (Å²) in [4.78, 5) is 11.2. The second-order valence-electron chi connectivity index (χ2n) is 3.32. The summed E-state index contributed by atoms with van der Waals surface area (Å²) in [6, 6.07) is 8.62. The third-order valence-electron chi connectivity index (χ3n) is 1.94. The van der Waals surface area contributed by atoms with Crippen LogP contribution in [0.3, 0.4) is 0 Å². The highest BCUT2D eigenvalue weighted by atomic mass is 16.2. The summed E-state index contributed by atoms with van der Waals surface area (Å²) in [5, 5.41) is 11.3. The van der Waals surface area contributed by atoms with Crippen molar-refractivity contribution in [1.82, 2.24) is 5.32 Å². The van der Waals surface area contributed by atoms with Crippen molar-refractivity contribution in [3.63, 3.8) is 0 Å². The highest BCUT2D eigenvalue weighted by molar-refractivity contribution is 5.80. The molecule has 1 rings (SSSR count). The van der Waals surface area contributed by atoms with Crippen LogP contribution >= 0.6 is 0 Å². The first-order chi connectivity index (χ1) is 7.13. The Labute approximate surface area is 88.7 Å². The van der Waals surface area contributed by atoms with Gasteiger partial charge < -0.3 is 11.1 Å². The smallest absolute Gasteiger partial charge is 0.236 e. The number of carbonyl (C=O) groups is 1. The van der Waals surface area contributed by atoms with Gasteiger partial charge in [-0.15, -0.1) is 0 Å². The van der Waals surface area contributed by atoms with E-state index in [9.17, 15) is 4.79 Å². The Morgan fingerprint density at radius 2 is 2.40 bits per heavy atom. The Bertz CT molecular complexity index is 393. The molecule has 0 aliphatic rings. The summed E-state index contributed by atoms with van der Waals surface area (Å²) in [7, 11) is 0. The van der Waals surface area contributed by atoms with Crippen molar-refractivity contribution in [2.45, 2.75) is 19.5 Å². The zero-order chi connectivity index (χ0) is 11.3. The van der Waals surface area contributed by atoms with Crippen molar-refractivity contribution in [2.24, 2.45) is 5.73 Å². The van der Waals surface area contributed by atoms with Crippen LogP contribution in [0.1, 0.15) is 18.1 Å². The molecule has 15 heavy (non-hydrogen) atoms. The summed E-state index contributed by atoms with van der Waals surface area (Å²) in [5.41, 5.74) is 6.87. The molecule has 0 aliphatic carbocycles. The molecule has 0 aliphatic heterocycles. The third-order valence-corrected chi connectivity index (χ3v) is 1.94. The lowest BCUT2D eigenvalue weighted by Gasteiger charge is -2.07. The Morgan fingerprint density at radius 3 is 3.00 bits per heavy atom. The maximum absolute atomic E-state index is 11.2. The van der Waals surface area contributed by atoms with Crippen LogP contribution < -0.4 is 11.1 Å². The van der Waals surface area contributed by atoms with Crippen LogP contribution in [0.4, 0.5) is 0 Å². The maximum atomic E-state index is 11.2. The zero-order valence-corrected chi connectivity index (χ0v) is 8.53. The lowest BCUT2D eigenvalue weighted by molar-refractivity contribution is -0.122. The molecule has 0 saturated heterocycles. The predicted molar refractivity (Wildman–Crippen MR) is 56.7 cm³/mol. The van der Waals surface area contributed by atoms with E-state index < -0.39 is 6.04 Å². The van der Waals surface area contributed by atoms with Gasteiger partial charge in [-0.1, -0.05) is 12.1 Å². The van der Waals surface area contributed by atoms with E-state index in [0.29, 0.717) is 12.1 Å². The molecular formula is C11H13N3O. The number of hydrogen-bond acceptors (Lipinski definition) is 3. The minimum Gasteiger partial charge on any atom is -0.351 e. The molecule has 0 aromatic heterocycles. The molecule has 0 fully saturated rings. The lowest BCUT2D eigenvalue weighted by atomic mass is 10.1. The molecule has 0 bridgehead atoms. The number of benzene rings is 1. The molecule has 1 aromatic rings. The fourth-order valence-corrected chi connectivity index (χ4v) is 1.10. The third kappa shape index (κ3) is 3.41. The predicted octanol–water partition coefficient (Wildman–Crippen LogP) is 0.522. The van der Waals surface area contributed by atoms with E-state index in [1.165, 1.54) is 0 Å². The lowest BCUT2D eigenvalue weighted by Crippen LogP contribution is -2.37. The van der Waals surface area contributed by atoms with Gasteiger partial charge in [0.15, 0.2) is 0 Å². The first-order valence-electron chi connectivity index (χ1n) is 4.66. The second kappa shape index (κ2) is 5.13. The first-order valence-corrected chi connectivity index (χ1v) is 4.66. The van der Waals surface area contributed by atoms with Crippen LogP contribution in [-0.2, 0) is 11.3 Å². The van der Waals surface area contributed by atoms with E-state index in [2.05, 4.69) is 5.32 Å². The van der Waals surface area contributed by atoms with Crippen LogP contribution in [0.2, 0.25) is 0 Å².